The van der Waals surface area contributed by atoms with Gasteiger partial charge in [0.25, 0.3) is 0 Å². The van der Waals surface area contributed by atoms with Crippen molar-refractivity contribution in [1.29, 1.82) is 5.26 Å². The molecule has 2 aliphatic heterocycles. The zero-order valence-electron chi connectivity index (χ0n) is 18.4. The number of halogens is 2. The molecule has 172 valence electrons. The fourth-order valence-electron chi connectivity index (χ4n) is 4.45. The van der Waals surface area contributed by atoms with Crippen molar-refractivity contribution in [2.45, 2.75) is 25.6 Å². The highest BCUT2D eigenvalue weighted by molar-refractivity contribution is 6.15. The summed E-state index contributed by atoms with van der Waals surface area (Å²) in [5.41, 5.74) is 7.96. The van der Waals surface area contributed by atoms with Crippen molar-refractivity contribution in [2.75, 3.05) is 12.3 Å². The number of aryl methyl sites for hydroxylation is 1. The van der Waals surface area contributed by atoms with E-state index in [9.17, 15) is 14.8 Å². The van der Waals surface area contributed by atoms with E-state index in [0.717, 1.165) is 6.07 Å². The normalized spacial score (nSPS) is 19.2. The van der Waals surface area contributed by atoms with E-state index in [-0.39, 0.29) is 39.8 Å². The number of rotatable bonds is 0. The number of nitriles is 1. The Hall–Kier alpha value is -4.10. The van der Waals surface area contributed by atoms with E-state index in [4.69, 9.17) is 10.5 Å². The van der Waals surface area contributed by atoms with Crippen molar-refractivity contribution in [3.63, 3.8) is 0 Å². The van der Waals surface area contributed by atoms with Crippen LogP contribution in [0.1, 0.15) is 48.1 Å². The Bertz CT molecular complexity index is 1440. The maximum atomic E-state index is 15.3. The molecule has 4 heterocycles. The third kappa shape index (κ3) is 3.33. The number of nitrogen functional groups attached to an aromatic ring is 1. The number of dihydropyridines is 1. The average Bonchev–Trinajstić information content (AvgIpc) is 3.15. The molecule has 1 aromatic carbocycles. The molecule has 2 aliphatic rings. The maximum absolute atomic E-state index is 15.3. The lowest BCUT2D eigenvalue weighted by Crippen LogP contribution is -2.22. The number of aromatic nitrogens is 3. The van der Waals surface area contributed by atoms with Crippen LogP contribution in [0.4, 0.5) is 14.6 Å². The van der Waals surface area contributed by atoms with Crippen LogP contribution in [0.15, 0.2) is 41.0 Å². The second-order valence-corrected chi connectivity index (χ2v) is 8.14. The quantitative estimate of drug-likeness (QED) is 0.527. The van der Waals surface area contributed by atoms with Crippen LogP contribution in [-0.4, -0.2) is 32.1 Å². The second kappa shape index (κ2) is 8.04. The van der Waals surface area contributed by atoms with E-state index in [0.29, 0.717) is 29.7 Å². The molecule has 0 radical (unpaired) electrons. The molecule has 1 unspecified atom stereocenters. The summed E-state index contributed by atoms with van der Waals surface area (Å²) in [6.07, 6.45) is 1.56. The first kappa shape index (κ1) is 21.7. The summed E-state index contributed by atoms with van der Waals surface area (Å²) in [5.74, 6) is -1.38. The number of hydrogen-bond acceptors (Lipinski definition) is 7. The number of aliphatic imine (C=N–C) groups is 1. The summed E-state index contributed by atoms with van der Waals surface area (Å²) in [6, 6.07) is 5.64. The summed E-state index contributed by atoms with van der Waals surface area (Å²) in [4.78, 5) is 8.68. The van der Waals surface area contributed by atoms with Gasteiger partial charge < -0.3 is 15.6 Å². The van der Waals surface area contributed by atoms with Gasteiger partial charge in [0.15, 0.2) is 11.6 Å². The minimum absolute atomic E-state index is 0.0279. The highest BCUT2D eigenvalue weighted by Gasteiger charge is 2.33. The Morgan fingerprint density at radius 1 is 1.26 bits per heavy atom. The van der Waals surface area contributed by atoms with Crippen LogP contribution in [-0.2, 0) is 7.05 Å². The first-order valence-corrected chi connectivity index (χ1v) is 10.6. The minimum Gasteiger partial charge on any atom is -0.482 e. The summed E-state index contributed by atoms with van der Waals surface area (Å²) in [5, 5.41) is 25.7. The van der Waals surface area contributed by atoms with Gasteiger partial charge >= 0.3 is 0 Å². The molecule has 5 rings (SSSR count). The van der Waals surface area contributed by atoms with Gasteiger partial charge in [-0.25, -0.2) is 13.8 Å². The molecule has 3 aromatic rings. The predicted molar refractivity (Wildman–Crippen MR) is 120 cm³/mol. The Labute approximate surface area is 193 Å². The van der Waals surface area contributed by atoms with Crippen molar-refractivity contribution >= 4 is 11.5 Å². The zero-order valence-corrected chi connectivity index (χ0v) is 18.4. The van der Waals surface area contributed by atoms with Crippen LogP contribution in [0.3, 0.4) is 0 Å². The molecule has 0 spiro atoms. The van der Waals surface area contributed by atoms with E-state index >= 15 is 4.39 Å². The van der Waals surface area contributed by atoms with E-state index < -0.39 is 23.8 Å². The molecular formula is C24H20F2N6O2. The van der Waals surface area contributed by atoms with Crippen molar-refractivity contribution in [1.82, 2.24) is 14.8 Å². The smallest absolute Gasteiger partial charge is 0.166 e. The third-order valence-corrected chi connectivity index (χ3v) is 6.00. The fourth-order valence-corrected chi connectivity index (χ4v) is 4.45. The lowest BCUT2D eigenvalue weighted by Gasteiger charge is -2.26. The van der Waals surface area contributed by atoms with Crippen molar-refractivity contribution < 1.29 is 18.6 Å². The van der Waals surface area contributed by atoms with E-state index in [2.05, 4.69) is 21.1 Å². The van der Waals surface area contributed by atoms with E-state index in [1.165, 1.54) is 16.9 Å². The van der Waals surface area contributed by atoms with Crippen LogP contribution in [0, 0.1) is 23.0 Å². The number of nitrogens with two attached hydrogens (primary N) is 1. The number of benzene rings is 1. The summed E-state index contributed by atoms with van der Waals surface area (Å²) in [6.45, 7) is 2.00. The summed E-state index contributed by atoms with van der Waals surface area (Å²) < 4.78 is 36.9. The van der Waals surface area contributed by atoms with Crippen molar-refractivity contribution in [3.8, 4) is 22.9 Å². The van der Waals surface area contributed by atoms with Crippen molar-refractivity contribution in [3.05, 3.63) is 70.2 Å². The van der Waals surface area contributed by atoms with Gasteiger partial charge in [0.05, 0.1) is 5.71 Å². The molecule has 0 fully saturated rings. The number of fused-ring (bicyclic) bond motifs is 7. The first-order chi connectivity index (χ1) is 16.3. The SMILES string of the molecule is C[C@H]1Oc2cc(cnc2N)-c2c(nn(C)c2C#N)C(O)C2=CCCN=C2c2c(F)cc(F)cc21. The van der Waals surface area contributed by atoms with Gasteiger partial charge in [0, 0.05) is 53.7 Å². The van der Waals surface area contributed by atoms with Crippen LogP contribution in [0.25, 0.3) is 11.1 Å². The van der Waals surface area contributed by atoms with Gasteiger partial charge in [-0.05, 0) is 25.5 Å². The topological polar surface area (TPSA) is 122 Å². The van der Waals surface area contributed by atoms with Crippen LogP contribution < -0.4 is 10.5 Å². The molecule has 2 bridgehead atoms. The number of hydrogen-bond donors (Lipinski definition) is 2. The third-order valence-electron chi connectivity index (χ3n) is 6.00. The van der Waals surface area contributed by atoms with Crippen LogP contribution in [0.2, 0.25) is 0 Å². The Morgan fingerprint density at radius 2 is 2.06 bits per heavy atom. The molecule has 3 N–H and O–H groups in total. The standard InChI is InChI=1S/C24H20F2N6O2/c1-11-15-7-13(25)8-16(26)20(15)21-14(4-3-5-29-21)23(33)22-19(17(9-27)32(2)31-22)12-6-18(34-11)24(28)30-10-12/h4,6-8,10-11,23,33H,3,5H2,1-2H3,(H2,28,30)/t11-,23?/m1/s1. The molecule has 0 amide bonds. The predicted octanol–water partition coefficient (Wildman–Crippen LogP) is 3.52. The highest BCUT2D eigenvalue weighted by Crippen LogP contribution is 2.40. The number of pyridine rings is 1. The van der Waals surface area contributed by atoms with Gasteiger partial charge in [-0.3, -0.25) is 9.67 Å². The monoisotopic (exact) mass is 462 g/mol. The number of aliphatic hydroxyl groups is 1. The van der Waals surface area contributed by atoms with Crippen LogP contribution in [0.5, 0.6) is 5.75 Å². The Balaban J connectivity index is 1.86. The lowest BCUT2D eigenvalue weighted by atomic mass is 9.87. The molecule has 0 saturated carbocycles. The average molecular weight is 462 g/mol. The molecular weight excluding hydrogens is 442 g/mol. The van der Waals surface area contributed by atoms with E-state index in [1.807, 2.05) is 0 Å². The second-order valence-electron chi connectivity index (χ2n) is 8.14. The largest absolute Gasteiger partial charge is 0.482 e. The molecule has 0 saturated heterocycles. The number of nitrogens with zero attached hydrogens (tertiary/aromatic N) is 5. The van der Waals surface area contributed by atoms with Gasteiger partial charge in [-0.15, -0.1) is 0 Å². The van der Waals surface area contributed by atoms with E-state index in [1.54, 1.807) is 26.1 Å². The minimum atomic E-state index is -1.34. The van der Waals surface area contributed by atoms with Crippen LogP contribution >= 0.6 is 0 Å². The number of anilines is 1. The molecule has 2 atom stereocenters. The Morgan fingerprint density at radius 3 is 2.82 bits per heavy atom. The first-order valence-electron chi connectivity index (χ1n) is 10.6. The number of aliphatic hydroxyl groups excluding tert-OH is 1. The van der Waals surface area contributed by atoms with Gasteiger partial charge in [-0.1, -0.05) is 6.08 Å². The molecule has 8 nitrogen and oxygen atoms in total. The molecule has 0 aliphatic carbocycles. The number of ether oxygens (including phenoxy) is 1. The maximum Gasteiger partial charge on any atom is 0.166 e. The highest BCUT2D eigenvalue weighted by atomic mass is 19.1. The molecule has 2 aromatic heterocycles. The summed E-state index contributed by atoms with van der Waals surface area (Å²) in [7, 11) is 1.59. The zero-order chi connectivity index (χ0) is 24.1. The fraction of sp³-hybridized carbons (Fsp3) is 0.250. The molecule has 34 heavy (non-hydrogen) atoms. The molecule has 10 heteroatoms. The van der Waals surface area contributed by atoms with Crippen molar-refractivity contribution in [2.24, 2.45) is 12.0 Å². The van der Waals surface area contributed by atoms with Gasteiger partial charge in [-0.2, -0.15) is 10.4 Å². The lowest BCUT2D eigenvalue weighted by molar-refractivity contribution is 0.215. The van der Waals surface area contributed by atoms with Gasteiger partial charge in [0.1, 0.15) is 41.3 Å². The summed E-state index contributed by atoms with van der Waals surface area (Å²) >= 11 is 0. The Kier molecular flexibility index (Phi) is 5.14. The van der Waals surface area contributed by atoms with Gasteiger partial charge in [0.2, 0.25) is 0 Å².